The van der Waals surface area contributed by atoms with Gasteiger partial charge < -0.3 is 19.9 Å². The fourth-order valence-electron chi connectivity index (χ4n) is 4.75. The zero-order valence-electron chi connectivity index (χ0n) is 23.2. The summed E-state index contributed by atoms with van der Waals surface area (Å²) in [5.41, 5.74) is 2.99. The average molecular weight is 568 g/mol. The number of nitrogens with one attached hydrogen (secondary N) is 1. The molecular weight excluding hydrogens is 530 g/mol. The minimum atomic E-state index is -0.308. The highest BCUT2D eigenvalue weighted by atomic mass is 35.5. The molecule has 1 N–H and O–H groups in total. The van der Waals surface area contributed by atoms with Crippen molar-refractivity contribution in [1.82, 2.24) is 9.80 Å². The second kappa shape index (κ2) is 13.4. The number of halogens is 1. The minimum Gasteiger partial charge on any atom is -0.491 e. The highest BCUT2D eigenvalue weighted by molar-refractivity contribution is 7.10. The molecule has 8 heteroatoms. The average Bonchev–Trinajstić information content (AvgIpc) is 3.40. The molecule has 2 atom stereocenters. The van der Waals surface area contributed by atoms with Crippen LogP contribution in [0.2, 0.25) is 5.02 Å². The number of hydrogen-bond donors (Lipinski definition) is 1. The van der Waals surface area contributed by atoms with Gasteiger partial charge in [-0.1, -0.05) is 63.9 Å². The van der Waals surface area contributed by atoms with Gasteiger partial charge in [0.05, 0.1) is 6.04 Å². The standard InChI is InChI=1S/C31H38ClN3O3S/c1-5-22(4)18-34(31(37)33-25-8-6-7-24(32)17-25)19-30(36)35-15-13-29-27(14-16-39-29)28(35)20-38-26-11-9-23(10-12-26)21(2)3/h6-12,14,16-17,21-22,28H,5,13,15,18-20H2,1-4H3,(H,33,37)/t22-,28-/m0/s1. The lowest BCUT2D eigenvalue weighted by Gasteiger charge is -2.37. The Morgan fingerprint density at radius 3 is 2.62 bits per heavy atom. The van der Waals surface area contributed by atoms with E-state index in [4.69, 9.17) is 16.3 Å². The number of carbonyl (C=O) groups is 2. The molecule has 1 aliphatic heterocycles. The fourth-order valence-corrected chi connectivity index (χ4v) is 5.86. The molecular formula is C31H38ClN3O3S. The van der Waals surface area contributed by atoms with Crippen LogP contribution in [0.4, 0.5) is 10.5 Å². The summed E-state index contributed by atoms with van der Waals surface area (Å²) in [5, 5.41) is 5.53. The second-order valence-electron chi connectivity index (χ2n) is 10.5. The predicted molar refractivity (Wildman–Crippen MR) is 160 cm³/mol. The molecule has 1 aromatic heterocycles. The number of amides is 3. The number of thiophene rings is 1. The van der Waals surface area contributed by atoms with Crippen LogP contribution < -0.4 is 10.1 Å². The van der Waals surface area contributed by atoms with Crippen molar-refractivity contribution in [2.75, 3.05) is 31.6 Å². The monoisotopic (exact) mass is 567 g/mol. The zero-order valence-corrected chi connectivity index (χ0v) is 24.7. The van der Waals surface area contributed by atoms with Crippen LogP contribution in [0.25, 0.3) is 0 Å². The van der Waals surface area contributed by atoms with Gasteiger partial charge in [0, 0.05) is 28.7 Å². The third-order valence-corrected chi connectivity index (χ3v) is 8.52. The first-order chi connectivity index (χ1) is 18.7. The normalized spacial score (nSPS) is 15.5. The summed E-state index contributed by atoms with van der Waals surface area (Å²) < 4.78 is 6.22. The highest BCUT2D eigenvalue weighted by Gasteiger charge is 2.33. The largest absolute Gasteiger partial charge is 0.491 e. The van der Waals surface area contributed by atoms with Gasteiger partial charge in [-0.3, -0.25) is 4.79 Å². The number of nitrogens with zero attached hydrogens (tertiary/aromatic N) is 2. The van der Waals surface area contributed by atoms with Crippen molar-refractivity contribution in [3.8, 4) is 5.75 Å². The van der Waals surface area contributed by atoms with E-state index in [0.717, 1.165) is 24.2 Å². The van der Waals surface area contributed by atoms with Crippen LogP contribution in [-0.2, 0) is 11.2 Å². The highest BCUT2D eigenvalue weighted by Crippen LogP contribution is 2.34. The van der Waals surface area contributed by atoms with Gasteiger partial charge >= 0.3 is 6.03 Å². The molecule has 4 rings (SSSR count). The van der Waals surface area contributed by atoms with Crippen LogP contribution in [0.5, 0.6) is 5.75 Å². The quantitative estimate of drug-likeness (QED) is 0.274. The number of hydrogen-bond acceptors (Lipinski definition) is 4. The number of rotatable bonds is 10. The summed E-state index contributed by atoms with van der Waals surface area (Å²) >= 11 is 7.83. The van der Waals surface area contributed by atoms with Crippen LogP contribution in [0.1, 0.15) is 62.1 Å². The Kier molecular flexibility index (Phi) is 9.92. The first kappa shape index (κ1) is 29.0. The van der Waals surface area contributed by atoms with Crippen molar-refractivity contribution in [3.05, 3.63) is 81.0 Å². The number of anilines is 1. The van der Waals surface area contributed by atoms with E-state index in [9.17, 15) is 9.59 Å². The molecule has 3 amide bonds. The lowest BCUT2D eigenvalue weighted by molar-refractivity contribution is -0.135. The Hall–Kier alpha value is -3.03. The molecule has 2 heterocycles. The molecule has 0 unspecified atom stereocenters. The Bertz CT molecular complexity index is 1260. The fraction of sp³-hybridized carbons (Fsp3) is 0.419. The SMILES string of the molecule is CC[C@H](C)CN(CC(=O)N1CCc2sccc2[C@@H]1COc1ccc(C(C)C)cc1)C(=O)Nc1cccc(Cl)c1. The van der Waals surface area contributed by atoms with E-state index in [2.05, 4.69) is 56.6 Å². The van der Waals surface area contributed by atoms with Gasteiger partial charge in [-0.15, -0.1) is 11.3 Å². The van der Waals surface area contributed by atoms with Crippen molar-refractivity contribution < 1.29 is 14.3 Å². The van der Waals surface area contributed by atoms with E-state index < -0.39 is 0 Å². The van der Waals surface area contributed by atoms with Gasteiger partial charge in [-0.2, -0.15) is 0 Å². The van der Waals surface area contributed by atoms with E-state index in [1.54, 1.807) is 40.5 Å². The summed E-state index contributed by atoms with van der Waals surface area (Å²) in [6.45, 7) is 9.94. The molecule has 0 aliphatic carbocycles. The van der Waals surface area contributed by atoms with Gasteiger partial charge in [-0.05, 0) is 71.2 Å². The maximum absolute atomic E-state index is 13.8. The molecule has 208 valence electrons. The maximum Gasteiger partial charge on any atom is 0.322 e. The molecule has 0 saturated heterocycles. The van der Waals surface area contributed by atoms with Gasteiger partial charge in [0.2, 0.25) is 5.91 Å². The zero-order chi connectivity index (χ0) is 27.9. The van der Waals surface area contributed by atoms with Crippen molar-refractivity contribution >= 4 is 40.6 Å². The van der Waals surface area contributed by atoms with Crippen LogP contribution in [0, 0.1) is 5.92 Å². The number of urea groups is 1. The number of fused-ring (bicyclic) bond motifs is 1. The molecule has 0 radical (unpaired) electrons. The molecule has 6 nitrogen and oxygen atoms in total. The summed E-state index contributed by atoms with van der Waals surface area (Å²) in [5.74, 6) is 1.41. The molecule has 0 bridgehead atoms. The van der Waals surface area contributed by atoms with Crippen LogP contribution in [0.3, 0.4) is 0 Å². The molecule has 3 aromatic rings. The first-order valence-corrected chi connectivity index (χ1v) is 14.9. The Labute approximate surface area is 240 Å². The molecule has 1 aliphatic rings. The third kappa shape index (κ3) is 7.55. The van der Waals surface area contributed by atoms with E-state index >= 15 is 0 Å². The lowest BCUT2D eigenvalue weighted by atomic mass is 10.00. The summed E-state index contributed by atoms with van der Waals surface area (Å²) in [7, 11) is 0. The topological polar surface area (TPSA) is 61.9 Å². The summed E-state index contributed by atoms with van der Waals surface area (Å²) in [6.07, 6.45) is 1.71. The first-order valence-electron chi connectivity index (χ1n) is 13.6. The molecule has 0 spiro atoms. The van der Waals surface area contributed by atoms with Crippen molar-refractivity contribution in [3.63, 3.8) is 0 Å². The molecule has 0 saturated carbocycles. The molecule has 0 fully saturated rings. The van der Waals surface area contributed by atoms with Gasteiger partial charge in [-0.25, -0.2) is 4.79 Å². The second-order valence-corrected chi connectivity index (χ2v) is 12.0. The molecule has 39 heavy (non-hydrogen) atoms. The van der Waals surface area contributed by atoms with Crippen molar-refractivity contribution in [1.29, 1.82) is 0 Å². The van der Waals surface area contributed by atoms with E-state index in [1.807, 2.05) is 17.0 Å². The lowest BCUT2D eigenvalue weighted by Crippen LogP contribution is -2.49. The van der Waals surface area contributed by atoms with Crippen LogP contribution in [-0.4, -0.2) is 48.0 Å². The van der Waals surface area contributed by atoms with Gasteiger partial charge in [0.25, 0.3) is 0 Å². The van der Waals surface area contributed by atoms with Gasteiger partial charge in [0.1, 0.15) is 18.9 Å². The van der Waals surface area contributed by atoms with E-state index in [0.29, 0.717) is 36.3 Å². The molecule has 2 aromatic carbocycles. The van der Waals surface area contributed by atoms with E-state index in [1.165, 1.54) is 10.4 Å². The maximum atomic E-state index is 13.8. The predicted octanol–water partition coefficient (Wildman–Crippen LogP) is 7.61. The van der Waals surface area contributed by atoms with Crippen LogP contribution in [0.15, 0.2) is 60.0 Å². The van der Waals surface area contributed by atoms with Gasteiger partial charge in [0.15, 0.2) is 0 Å². The number of carbonyl (C=O) groups excluding carboxylic acids is 2. The smallest absolute Gasteiger partial charge is 0.322 e. The van der Waals surface area contributed by atoms with Crippen molar-refractivity contribution in [2.45, 2.75) is 52.5 Å². The Morgan fingerprint density at radius 1 is 1.15 bits per heavy atom. The third-order valence-electron chi connectivity index (χ3n) is 7.29. The Morgan fingerprint density at radius 2 is 1.92 bits per heavy atom. The van der Waals surface area contributed by atoms with Crippen LogP contribution >= 0.6 is 22.9 Å². The number of benzene rings is 2. The minimum absolute atomic E-state index is 0.00417. The number of ether oxygens (including phenoxy) is 1. The summed E-state index contributed by atoms with van der Waals surface area (Å²) in [4.78, 5) is 31.9. The van der Waals surface area contributed by atoms with E-state index in [-0.39, 0.29) is 30.4 Å². The summed E-state index contributed by atoms with van der Waals surface area (Å²) in [6, 6.07) is 16.8. The Balaban J connectivity index is 1.49. The van der Waals surface area contributed by atoms with Crippen molar-refractivity contribution in [2.24, 2.45) is 5.92 Å².